The van der Waals surface area contributed by atoms with Gasteiger partial charge in [-0.3, -0.25) is 0 Å². The quantitative estimate of drug-likeness (QED) is 0.461. The number of rotatable bonds is 1. The highest BCUT2D eigenvalue weighted by molar-refractivity contribution is 6.29. The molecule has 46 valence electrons. The van der Waals surface area contributed by atoms with Crippen molar-refractivity contribution in [2.24, 2.45) is 0 Å². The molecule has 0 saturated heterocycles. The van der Waals surface area contributed by atoms with Crippen molar-refractivity contribution in [1.29, 1.82) is 0 Å². The van der Waals surface area contributed by atoms with E-state index in [1.807, 2.05) is 0 Å². The van der Waals surface area contributed by atoms with E-state index < -0.39 is 7.25 Å². The Morgan fingerprint density at radius 3 is 1.89 bits per heavy atom. The van der Waals surface area contributed by atoms with Crippen LogP contribution in [0.3, 0.4) is 0 Å². The van der Waals surface area contributed by atoms with E-state index in [1.165, 1.54) is 4.48 Å². The van der Waals surface area contributed by atoms with Crippen molar-refractivity contribution < 1.29 is 14.5 Å². The average molecular weight is 124 g/mol. The average Bonchev–Trinajstić information content (AvgIpc) is 1.90. The SMILES string of the molecule is OB(O)[n+]1ccccc1. The third-order valence-electron chi connectivity index (χ3n) is 1.01. The summed E-state index contributed by atoms with van der Waals surface area (Å²) in [5, 5.41) is 17.1. The van der Waals surface area contributed by atoms with E-state index in [2.05, 4.69) is 0 Å². The van der Waals surface area contributed by atoms with Crippen LogP contribution >= 0.6 is 0 Å². The molecule has 3 nitrogen and oxygen atoms in total. The lowest BCUT2D eigenvalue weighted by Gasteiger charge is -1.87. The molecule has 4 heteroatoms. The molecule has 0 amide bonds. The van der Waals surface area contributed by atoms with Gasteiger partial charge in [-0.2, -0.15) is 0 Å². The van der Waals surface area contributed by atoms with E-state index in [0.717, 1.165) is 0 Å². The fourth-order valence-electron chi connectivity index (χ4n) is 0.566. The van der Waals surface area contributed by atoms with Gasteiger partial charge >= 0.3 is 7.25 Å². The lowest BCUT2D eigenvalue weighted by molar-refractivity contribution is -0.562. The van der Waals surface area contributed by atoms with Crippen LogP contribution in [0.25, 0.3) is 0 Å². The van der Waals surface area contributed by atoms with Crippen LogP contribution in [0.15, 0.2) is 30.6 Å². The Hall–Kier alpha value is -0.865. The first-order chi connectivity index (χ1) is 4.30. The number of nitrogens with zero attached hydrogens (tertiary/aromatic N) is 1. The molecule has 1 rings (SSSR count). The van der Waals surface area contributed by atoms with Crippen LogP contribution in [0, 0.1) is 0 Å². The molecule has 0 spiro atoms. The van der Waals surface area contributed by atoms with Crippen molar-refractivity contribution in [2.45, 2.75) is 0 Å². The van der Waals surface area contributed by atoms with Crippen molar-refractivity contribution >= 4 is 7.25 Å². The van der Waals surface area contributed by atoms with Gasteiger partial charge in [-0.05, 0) is 12.1 Å². The summed E-state index contributed by atoms with van der Waals surface area (Å²) < 4.78 is 1.28. The zero-order valence-corrected chi connectivity index (χ0v) is 4.81. The van der Waals surface area contributed by atoms with Crippen molar-refractivity contribution in [3.05, 3.63) is 30.6 Å². The number of aromatic nitrogens is 1. The molecule has 1 heterocycles. The van der Waals surface area contributed by atoms with E-state index in [-0.39, 0.29) is 0 Å². The van der Waals surface area contributed by atoms with Crippen LogP contribution in [0.1, 0.15) is 0 Å². The van der Waals surface area contributed by atoms with E-state index in [1.54, 1.807) is 30.6 Å². The van der Waals surface area contributed by atoms with Crippen LogP contribution in [0.4, 0.5) is 0 Å². The molecule has 0 aliphatic rings. The summed E-state index contributed by atoms with van der Waals surface area (Å²) in [7, 11) is -1.42. The van der Waals surface area contributed by atoms with Gasteiger partial charge in [0.1, 0.15) is 12.4 Å². The van der Waals surface area contributed by atoms with E-state index in [9.17, 15) is 0 Å². The molecule has 0 aliphatic heterocycles. The Morgan fingerprint density at radius 2 is 1.56 bits per heavy atom. The van der Waals surface area contributed by atoms with Gasteiger partial charge < -0.3 is 10.0 Å². The van der Waals surface area contributed by atoms with Crippen molar-refractivity contribution in [3.63, 3.8) is 0 Å². The standard InChI is InChI=1S/C5H7BNO2/c8-6(9)7-4-2-1-3-5-7/h1-5,8-9H/q+1. The molecule has 0 unspecified atom stereocenters. The van der Waals surface area contributed by atoms with Gasteiger partial charge in [-0.1, -0.05) is 6.07 Å². The lowest BCUT2D eigenvalue weighted by Crippen LogP contribution is -2.50. The Labute approximate surface area is 53.4 Å². The summed E-state index contributed by atoms with van der Waals surface area (Å²) >= 11 is 0. The molecule has 0 fully saturated rings. The summed E-state index contributed by atoms with van der Waals surface area (Å²) in [6.07, 6.45) is 3.15. The monoisotopic (exact) mass is 124 g/mol. The van der Waals surface area contributed by atoms with E-state index >= 15 is 0 Å². The molecule has 0 aliphatic carbocycles. The minimum atomic E-state index is -1.42. The molecular formula is C5H7BNO2+. The van der Waals surface area contributed by atoms with Gasteiger partial charge in [0.2, 0.25) is 0 Å². The third-order valence-corrected chi connectivity index (χ3v) is 1.01. The Morgan fingerprint density at radius 1 is 1.00 bits per heavy atom. The molecular weight excluding hydrogens is 117 g/mol. The largest absolute Gasteiger partial charge is 0.843 e. The maximum Gasteiger partial charge on any atom is 0.843 e. The van der Waals surface area contributed by atoms with Crippen LogP contribution in [0.5, 0.6) is 0 Å². The van der Waals surface area contributed by atoms with Crippen LogP contribution in [-0.2, 0) is 0 Å². The highest BCUT2D eigenvalue weighted by atomic mass is 16.4. The van der Waals surface area contributed by atoms with E-state index in [0.29, 0.717) is 0 Å². The van der Waals surface area contributed by atoms with Crippen molar-refractivity contribution in [1.82, 2.24) is 0 Å². The van der Waals surface area contributed by atoms with Crippen molar-refractivity contribution in [3.8, 4) is 0 Å². The van der Waals surface area contributed by atoms with Gasteiger partial charge in [-0.25, -0.2) is 4.48 Å². The summed E-state index contributed by atoms with van der Waals surface area (Å²) in [5.74, 6) is 0. The fraction of sp³-hybridized carbons (Fsp3) is 0. The van der Waals surface area contributed by atoms with Crippen LogP contribution in [-0.4, -0.2) is 17.3 Å². The first-order valence-electron chi connectivity index (χ1n) is 2.62. The first kappa shape index (κ1) is 6.26. The number of hydrogen-bond donors (Lipinski definition) is 2. The van der Waals surface area contributed by atoms with E-state index in [4.69, 9.17) is 10.0 Å². The summed E-state index contributed by atoms with van der Waals surface area (Å²) in [4.78, 5) is 0. The highest BCUT2D eigenvalue weighted by Gasteiger charge is 2.22. The number of pyridine rings is 1. The lowest BCUT2D eigenvalue weighted by atomic mass is 10.1. The highest BCUT2D eigenvalue weighted by Crippen LogP contribution is 1.74. The predicted molar refractivity (Wildman–Crippen MR) is 32.2 cm³/mol. The molecule has 1 aromatic rings. The van der Waals surface area contributed by atoms with Gasteiger partial charge in [0, 0.05) is 0 Å². The fourth-order valence-corrected chi connectivity index (χ4v) is 0.566. The Kier molecular flexibility index (Phi) is 1.82. The minimum Gasteiger partial charge on any atom is -0.361 e. The summed E-state index contributed by atoms with van der Waals surface area (Å²) in [6, 6.07) is 5.25. The van der Waals surface area contributed by atoms with Gasteiger partial charge in [0.25, 0.3) is 0 Å². The second-order valence-electron chi connectivity index (χ2n) is 1.67. The van der Waals surface area contributed by atoms with Crippen molar-refractivity contribution in [2.75, 3.05) is 0 Å². The zero-order chi connectivity index (χ0) is 6.69. The molecule has 0 aromatic carbocycles. The molecule has 2 N–H and O–H groups in total. The maximum absolute atomic E-state index is 8.54. The maximum atomic E-state index is 8.54. The minimum absolute atomic E-state index is 1.28. The summed E-state index contributed by atoms with van der Waals surface area (Å²) in [6.45, 7) is 0. The molecule has 0 radical (unpaired) electrons. The third kappa shape index (κ3) is 1.52. The zero-order valence-electron chi connectivity index (χ0n) is 4.81. The molecule has 9 heavy (non-hydrogen) atoms. The Balaban J connectivity index is 2.85. The normalized spacial score (nSPS) is 9.11. The second kappa shape index (κ2) is 2.61. The second-order valence-corrected chi connectivity index (χ2v) is 1.67. The van der Waals surface area contributed by atoms with Crippen LogP contribution in [0.2, 0.25) is 0 Å². The predicted octanol–water partition coefficient (Wildman–Crippen LogP) is -1.21. The Bertz CT molecular complexity index is 178. The topological polar surface area (TPSA) is 44.3 Å². The number of hydrogen-bond acceptors (Lipinski definition) is 2. The molecule has 0 bridgehead atoms. The molecule has 0 atom stereocenters. The van der Waals surface area contributed by atoms with Gasteiger partial charge in [0.05, 0.1) is 0 Å². The van der Waals surface area contributed by atoms with Gasteiger partial charge in [0.15, 0.2) is 0 Å². The van der Waals surface area contributed by atoms with Gasteiger partial charge in [-0.15, -0.1) is 0 Å². The van der Waals surface area contributed by atoms with Crippen LogP contribution < -0.4 is 4.48 Å². The summed E-state index contributed by atoms with van der Waals surface area (Å²) in [5.41, 5.74) is 0. The first-order valence-corrected chi connectivity index (χ1v) is 2.62. The smallest absolute Gasteiger partial charge is 0.361 e. The molecule has 1 aromatic heterocycles. The molecule has 0 saturated carbocycles.